The van der Waals surface area contributed by atoms with Gasteiger partial charge in [0, 0.05) is 13.1 Å². The highest BCUT2D eigenvalue weighted by atomic mass is 16.1. The maximum atomic E-state index is 10.2. The highest BCUT2D eigenvalue weighted by molar-refractivity contribution is 5.46. The van der Waals surface area contributed by atoms with Gasteiger partial charge in [-0.05, 0) is 28.7 Å². The van der Waals surface area contributed by atoms with Crippen LogP contribution in [0.25, 0.3) is 0 Å². The molecule has 0 aliphatic rings. The van der Waals surface area contributed by atoms with Crippen molar-refractivity contribution in [2.75, 3.05) is 0 Å². The Kier molecular flexibility index (Phi) is 5.52. The van der Waals surface area contributed by atoms with Crippen molar-refractivity contribution in [1.82, 2.24) is 10.6 Å². The fourth-order valence-electron chi connectivity index (χ4n) is 2.10. The lowest BCUT2D eigenvalue weighted by molar-refractivity contribution is -0.110. The average molecular weight is 282 g/mol. The maximum absolute atomic E-state index is 10.2. The molecule has 2 aromatic carbocycles. The molecule has 0 aliphatic carbocycles. The third-order valence-electron chi connectivity index (χ3n) is 3.23. The molecule has 2 rings (SSSR count). The summed E-state index contributed by atoms with van der Waals surface area (Å²) in [5.41, 5.74) is 4.62. The predicted molar refractivity (Wildman–Crippen MR) is 81.5 cm³/mol. The first-order valence-electron chi connectivity index (χ1n) is 6.81. The van der Waals surface area contributed by atoms with Gasteiger partial charge in [0.25, 0.3) is 0 Å². The van der Waals surface area contributed by atoms with Gasteiger partial charge in [-0.15, -0.1) is 0 Å². The van der Waals surface area contributed by atoms with Crippen LogP contribution in [0.15, 0.2) is 48.5 Å². The number of carbonyl (C=O) groups is 2. The van der Waals surface area contributed by atoms with Crippen LogP contribution in [0.3, 0.4) is 0 Å². The molecular formula is C17H18N2O2. The fraction of sp³-hybridized carbons (Fsp3) is 0.176. The first-order valence-corrected chi connectivity index (χ1v) is 6.81. The van der Waals surface area contributed by atoms with Gasteiger partial charge >= 0.3 is 0 Å². The standard InChI is InChI=1S/C17H18N2O2/c20-12-18-10-16-5-1-14(2-6-16)9-15-3-7-17(8-4-15)11-19-13-21/h1-8,12-13H,9-11H2,(H,18,20)(H,19,21). The number of hydrogen-bond acceptors (Lipinski definition) is 2. The molecule has 0 fully saturated rings. The summed E-state index contributed by atoms with van der Waals surface area (Å²) in [4.78, 5) is 20.5. The zero-order valence-corrected chi connectivity index (χ0v) is 11.7. The summed E-state index contributed by atoms with van der Waals surface area (Å²) in [5, 5.41) is 5.29. The molecule has 0 heterocycles. The van der Waals surface area contributed by atoms with Crippen molar-refractivity contribution in [3.63, 3.8) is 0 Å². The van der Waals surface area contributed by atoms with Gasteiger partial charge in [-0.1, -0.05) is 48.5 Å². The quantitative estimate of drug-likeness (QED) is 0.725. The second-order valence-electron chi connectivity index (χ2n) is 4.81. The van der Waals surface area contributed by atoms with E-state index < -0.39 is 0 Å². The number of carbonyl (C=O) groups excluding carboxylic acids is 2. The van der Waals surface area contributed by atoms with Gasteiger partial charge in [0.05, 0.1) is 0 Å². The lowest BCUT2D eigenvalue weighted by Crippen LogP contribution is -2.09. The van der Waals surface area contributed by atoms with Crippen LogP contribution in [0.4, 0.5) is 0 Å². The smallest absolute Gasteiger partial charge is 0.207 e. The summed E-state index contributed by atoms with van der Waals surface area (Å²) in [6, 6.07) is 16.4. The molecule has 0 saturated heterocycles. The molecule has 21 heavy (non-hydrogen) atoms. The first kappa shape index (κ1) is 14.8. The number of hydrogen-bond donors (Lipinski definition) is 2. The van der Waals surface area contributed by atoms with E-state index in [1.807, 2.05) is 24.3 Å². The van der Waals surface area contributed by atoms with Crippen molar-refractivity contribution < 1.29 is 9.59 Å². The molecule has 0 spiro atoms. The van der Waals surface area contributed by atoms with E-state index in [0.717, 1.165) is 17.5 Å². The summed E-state index contributed by atoms with van der Waals surface area (Å²) < 4.78 is 0. The van der Waals surface area contributed by atoms with Crippen LogP contribution in [-0.4, -0.2) is 12.8 Å². The van der Waals surface area contributed by atoms with Crippen LogP contribution >= 0.6 is 0 Å². The summed E-state index contributed by atoms with van der Waals surface area (Å²) >= 11 is 0. The van der Waals surface area contributed by atoms with Crippen molar-refractivity contribution in [2.24, 2.45) is 0 Å². The van der Waals surface area contributed by atoms with Gasteiger partial charge < -0.3 is 10.6 Å². The second-order valence-corrected chi connectivity index (χ2v) is 4.81. The Hall–Kier alpha value is -2.62. The molecule has 0 saturated carbocycles. The van der Waals surface area contributed by atoms with Crippen molar-refractivity contribution in [2.45, 2.75) is 19.5 Å². The molecule has 0 bridgehead atoms. The largest absolute Gasteiger partial charge is 0.355 e. The van der Waals surface area contributed by atoms with Crippen LogP contribution < -0.4 is 10.6 Å². The highest BCUT2D eigenvalue weighted by Crippen LogP contribution is 2.12. The lowest BCUT2D eigenvalue weighted by Gasteiger charge is -2.06. The number of amides is 2. The highest BCUT2D eigenvalue weighted by Gasteiger charge is 1.98. The Balaban J connectivity index is 1.94. The van der Waals surface area contributed by atoms with Crippen molar-refractivity contribution in [3.8, 4) is 0 Å². The molecule has 2 aromatic rings. The van der Waals surface area contributed by atoms with Crippen molar-refractivity contribution >= 4 is 12.8 Å². The molecule has 0 aromatic heterocycles. The van der Waals surface area contributed by atoms with E-state index in [9.17, 15) is 9.59 Å². The van der Waals surface area contributed by atoms with E-state index in [0.29, 0.717) is 25.9 Å². The zero-order valence-electron chi connectivity index (χ0n) is 11.7. The third-order valence-corrected chi connectivity index (χ3v) is 3.23. The fourth-order valence-corrected chi connectivity index (χ4v) is 2.10. The predicted octanol–water partition coefficient (Wildman–Crippen LogP) is 1.77. The Morgan fingerprint density at radius 1 is 0.619 bits per heavy atom. The monoisotopic (exact) mass is 282 g/mol. The second kappa shape index (κ2) is 7.85. The van der Waals surface area contributed by atoms with Gasteiger partial charge in [-0.25, -0.2) is 0 Å². The van der Waals surface area contributed by atoms with Gasteiger partial charge in [0.2, 0.25) is 12.8 Å². The molecule has 2 N–H and O–H groups in total. The summed E-state index contributed by atoms with van der Waals surface area (Å²) in [6.45, 7) is 1.12. The Morgan fingerprint density at radius 3 is 1.29 bits per heavy atom. The molecular weight excluding hydrogens is 264 g/mol. The number of nitrogens with one attached hydrogen (secondary N) is 2. The average Bonchev–Trinajstić information content (AvgIpc) is 2.53. The molecule has 4 heteroatoms. The normalized spacial score (nSPS) is 9.90. The summed E-state index contributed by atoms with van der Waals surface area (Å²) in [5.74, 6) is 0. The van der Waals surface area contributed by atoms with E-state index >= 15 is 0 Å². The molecule has 0 unspecified atom stereocenters. The van der Waals surface area contributed by atoms with Gasteiger partial charge in [-0.3, -0.25) is 9.59 Å². The minimum Gasteiger partial charge on any atom is -0.355 e. The topological polar surface area (TPSA) is 58.2 Å². The molecule has 2 amide bonds. The number of rotatable bonds is 8. The minimum absolute atomic E-state index is 0.558. The molecule has 0 aliphatic heterocycles. The summed E-state index contributed by atoms with van der Waals surface area (Å²) in [7, 11) is 0. The zero-order chi connectivity index (χ0) is 14.9. The van der Waals surface area contributed by atoms with E-state index in [-0.39, 0.29) is 0 Å². The van der Waals surface area contributed by atoms with E-state index in [1.165, 1.54) is 11.1 Å². The van der Waals surface area contributed by atoms with Crippen LogP contribution in [0.2, 0.25) is 0 Å². The molecule has 0 radical (unpaired) electrons. The Bertz CT molecular complexity index is 523. The molecule has 0 atom stereocenters. The Morgan fingerprint density at radius 2 is 0.952 bits per heavy atom. The van der Waals surface area contributed by atoms with Crippen molar-refractivity contribution in [1.29, 1.82) is 0 Å². The van der Waals surface area contributed by atoms with Crippen LogP contribution in [0.1, 0.15) is 22.3 Å². The third kappa shape index (κ3) is 4.76. The van der Waals surface area contributed by atoms with E-state index in [1.54, 1.807) is 0 Å². The number of benzene rings is 2. The minimum atomic E-state index is 0.558. The van der Waals surface area contributed by atoms with E-state index in [2.05, 4.69) is 34.9 Å². The first-order chi connectivity index (χ1) is 10.3. The van der Waals surface area contributed by atoms with Gasteiger partial charge in [0.15, 0.2) is 0 Å². The summed E-state index contributed by atoms with van der Waals surface area (Å²) in [6.07, 6.45) is 2.27. The maximum Gasteiger partial charge on any atom is 0.207 e. The Labute approximate surface area is 124 Å². The van der Waals surface area contributed by atoms with Crippen molar-refractivity contribution in [3.05, 3.63) is 70.8 Å². The molecule has 4 nitrogen and oxygen atoms in total. The SMILES string of the molecule is O=CNCc1ccc(Cc2ccc(CNC=O)cc2)cc1. The van der Waals surface area contributed by atoms with Gasteiger partial charge in [0.1, 0.15) is 0 Å². The lowest BCUT2D eigenvalue weighted by atomic mass is 10.0. The van der Waals surface area contributed by atoms with Crippen LogP contribution in [-0.2, 0) is 29.1 Å². The van der Waals surface area contributed by atoms with E-state index in [4.69, 9.17) is 0 Å². The van der Waals surface area contributed by atoms with Crippen LogP contribution in [0.5, 0.6) is 0 Å². The van der Waals surface area contributed by atoms with Gasteiger partial charge in [-0.2, -0.15) is 0 Å². The molecule has 108 valence electrons. The van der Waals surface area contributed by atoms with Crippen LogP contribution in [0, 0.1) is 0 Å².